The molecule has 0 aliphatic rings. The second kappa shape index (κ2) is 12.4. The third kappa shape index (κ3) is 6.83. The molecule has 186 valence electrons. The molecule has 9 nitrogen and oxygen atoms in total. The summed E-state index contributed by atoms with van der Waals surface area (Å²) in [6, 6.07) is 16.2. The molecule has 0 saturated heterocycles. The van der Waals surface area contributed by atoms with Crippen LogP contribution in [-0.2, 0) is 9.59 Å². The molecular weight excluding hydrogens is 486 g/mol. The van der Waals surface area contributed by atoms with Crippen LogP contribution in [0.5, 0.6) is 17.2 Å². The highest BCUT2D eigenvalue weighted by Gasteiger charge is 2.15. The lowest BCUT2D eigenvalue weighted by atomic mass is 10.2. The van der Waals surface area contributed by atoms with E-state index in [-0.39, 0.29) is 11.5 Å². The smallest absolute Gasteiger partial charge is 0.343 e. The summed E-state index contributed by atoms with van der Waals surface area (Å²) in [5, 5.41) is 6.74. The molecule has 0 radical (unpaired) electrons. The van der Waals surface area contributed by atoms with Gasteiger partial charge in [-0.25, -0.2) is 10.2 Å². The summed E-state index contributed by atoms with van der Waals surface area (Å²) >= 11 is 6.02. The van der Waals surface area contributed by atoms with E-state index in [2.05, 4.69) is 15.8 Å². The van der Waals surface area contributed by atoms with Gasteiger partial charge in [-0.15, -0.1) is 0 Å². The molecule has 2 amide bonds. The van der Waals surface area contributed by atoms with Gasteiger partial charge < -0.3 is 19.5 Å². The van der Waals surface area contributed by atoms with Gasteiger partial charge in [0.1, 0.15) is 5.75 Å². The van der Waals surface area contributed by atoms with E-state index < -0.39 is 17.8 Å². The van der Waals surface area contributed by atoms with Crippen molar-refractivity contribution in [2.75, 3.05) is 19.0 Å². The maximum atomic E-state index is 12.5. The van der Waals surface area contributed by atoms with Crippen molar-refractivity contribution in [3.63, 3.8) is 0 Å². The van der Waals surface area contributed by atoms with Crippen molar-refractivity contribution in [1.29, 1.82) is 0 Å². The number of carbonyl (C=O) groups excluding carboxylic acids is 3. The van der Waals surface area contributed by atoms with Crippen LogP contribution in [0.25, 0.3) is 0 Å². The van der Waals surface area contributed by atoms with Crippen molar-refractivity contribution in [1.82, 2.24) is 5.43 Å². The second-order valence-corrected chi connectivity index (χ2v) is 7.73. The fourth-order valence-electron chi connectivity index (χ4n) is 3.00. The van der Waals surface area contributed by atoms with Gasteiger partial charge in [0.2, 0.25) is 0 Å². The maximum absolute atomic E-state index is 12.5. The van der Waals surface area contributed by atoms with Crippen LogP contribution in [0.4, 0.5) is 5.69 Å². The summed E-state index contributed by atoms with van der Waals surface area (Å²) in [7, 11) is 1.43. The summed E-state index contributed by atoms with van der Waals surface area (Å²) in [5.41, 5.74) is 4.09. The van der Waals surface area contributed by atoms with Crippen molar-refractivity contribution in [2.45, 2.75) is 13.8 Å². The summed E-state index contributed by atoms with van der Waals surface area (Å²) in [6.07, 6.45) is 1.32. The maximum Gasteiger partial charge on any atom is 0.343 e. The third-order valence-electron chi connectivity index (χ3n) is 4.89. The average molecular weight is 510 g/mol. The SMILES string of the molecule is CCOc1ccc(C(=O)Oc2ccc(C=NNC(=O)C(=O)Nc3cccc(Cl)c3C)cc2OC)cc1. The van der Waals surface area contributed by atoms with Gasteiger partial charge in [0.25, 0.3) is 0 Å². The van der Waals surface area contributed by atoms with E-state index >= 15 is 0 Å². The first-order chi connectivity index (χ1) is 17.3. The first kappa shape index (κ1) is 26.2. The molecule has 0 unspecified atom stereocenters. The molecule has 0 heterocycles. The minimum Gasteiger partial charge on any atom is -0.494 e. The molecule has 0 fully saturated rings. The van der Waals surface area contributed by atoms with Gasteiger partial charge in [-0.1, -0.05) is 17.7 Å². The highest BCUT2D eigenvalue weighted by molar-refractivity contribution is 6.40. The van der Waals surface area contributed by atoms with Crippen LogP contribution >= 0.6 is 11.6 Å². The highest BCUT2D eigenvalue weighted by Crippen LogP contribution is 2.28. The summed E-state index contributed by atoms with van der Waals surface area (Å²) < 4.78 is 16.1. The Bertz CT molecular complexity index is 1290. The lowest BCUT2D eigenvalue weighted by Gasteiger charge is -2.10. The molecule has 0 aliphatic heterocycles. The standard InChI is InChI=1S/C26H24ClN3O6/c1-4-35-19-11-9-18(10-12-19)26(33)36-22-13-8-17(14-23(22)34-3)15-28-30-25(32)24(31)29-21-7-5-6-20(27)16(21)2/h5-15H,4H2,1-3H3,(H,29,31)(H,30,32). The molecule has 2 N–H and O–H groups in total. The Morgan fingerprint density at radius 1 is 1.00 bits per heavy atom. The number of amides is 2. The molecule has 0 aromatic heterocycles. The molecule has 0 bridgehead atoms. The number of carbonyl (C=O) groups is 3. The summed E-state index contributed by atoms with van der Waals surface area (Å²) in [5.74, 6) is -1.29. The molecule has 0 spiro atoms. The zero-order chi connectivity index (χ0) is 26.1. The number of halogens is 1. The van der Waals surface area contributed by atoms with Crippen LogP contribution in [0.3, 0.4) is 0 Å². The Kier molecular flexibility index (Phi) is 9.01. The lowest BCUT2D eigenvalue weighted by molar-refractivity contribution is -0.136. The zero-order valence-electron chi connectivity index (χ0n) is 19.8. The first-order valence-corrected chi connectivity index (χ1v) is 11.2. The molecule has 0 saturated carbocycles. The second-order valence-electron chi connectivity index (χ2n) is 7.32. The number of anilines is 1. The number of esters is 1. The molecule has 10 heteroatoms. The van der Waals surface area contributed by atoms with Gasteiger partial charge in [-0.05, 0) is 79.6 Å². The Morgan fingerprint density at radius 3 is 2.44 bits per heavy atom. The van der Waals surface area contributed by atoms with E-state index in [9.17, 15) is 14.4 Å². The van der Waals surface area contributed by atoms with Crippen molar-refractivity contribution < 1.29 is 28.6 Å². The fraction of sp³-hybridized carbons (Fsp3) is 0.154. The summed E-state index contributed by atoms with van der Waals surface area (Å²) in [4.78, 5) is 36.7. The van der Waals surface area contributed by atoms with E-state index in [0.29, 0.717) is 39.8 Å². The number of rotatable bonds is 8. The van der Waals surface area contributed by atoms with E-state index in [1.807, 2.05) is 6.92 Å². The normalized spacial score (nSPS) is 10.6. The lowest BCUT2D eigenvalue weighted by Crippen LogP contribution is -2.32. The minimum absolute atomic E-state index is 0.203. The van der Waals surface area contributed by atoms with E-state index in [1.54, 1.807) is 61.5 Å². The number of nitrogens with zero attached hydrogens (tertiary/aromatic N) is 1. The Morgan fingerprint density at radius 2 is 1.75 bits per heavy atom. The van der Waals surface area contributed by atoms with Gasteiger partial charge in [0.05, 0.1) is 25.5 Å². The number of nitrogens with one attached hydrogen (secondary N) is 2. The molecule has 0 atom stereocenters. The van der Waals surface area contributed by atoms with Crippen LogP contribution in [0.1, 0.15) is 28.4 Å². The molecule has 0 aliphatic carbocycles. The van der Waals surface area contributed by atoms with Crippen LogP contribution in [0, 0.1) is 6.92 Å². The van der Waals surface area contributed by atoms with Crippen molar-refractivity contribution in [2.24, 2.45) is 5.10 Å². The number of hydrazone groups is 1. The molecule has 3 aromatic rings. The first-order valence-electron chi connectivity index (χ1n) is 10.8. The zero-order valence-corrected chi connectivity index (χ0v) is 20.6. The number of hydrogen-bond acceptors (Lipinski definition) is 7. The predicted molar refractivity (Wildman–Crippen MR) is 136 cm³/mol. The Balaban J connectivity index is 1.60. The quantitative estimate of drug-likeness (QED) is 0.153. The largest absolute Gasteiger partial charge is 0.494 e. The average Bonchev–Trinajstić information content (AvgIpc) is 2.88. The van der Waals surface area contributed by atoms with Crippen LogP contribution in [0.2, 0.25) is 5.02 Å². The number of benzene rings is 3. The third-order valence-corrected chi connectivity index (χ3v) is 5.30. The van der Waals surface area contributed by atoms with Crippen molar-refractivity contribution in [3.05, 3.63) is 82.4 Å². The minimum atomic E-state index is -0.960. The van der Waals surface area contributed by atoms with Gasteiger partial charge in [-0.2, -0.15) is 5.10 Å². The van der Waals surface area contributed by atoms with Gasteiger partial charge in [0, 0.05) is 10.7 Å². The van der Waals surface area contributed by atoms with Crippen molar-refractivity contribution in [3.8, 4) is 17.2 Å². The monoisotopic (exact) mass is 509 g/mol. The molecule has 3 aromatic carbocycles. The number of hydrogen-bond donors (Lipinski definition) is 2. The summed E-state index contributed by atoms with van der Waals surface area (Å²) in [6.45, 7) is 4.12. The van der Waals surface area contributed by atoms with E-state index in [1.165, 1.54) is 19.4 Å². The van der Waals surface area contributed by atoms with Gasteiger partial charge in [0.15, 0.2) is 11.5 Å². The van der Waals surface area contributed by atoms with Crippen LogP contribution in [-0.4, -0.2) is 37.7 Å². The number of methoxy groups -OCH3 is 1. The number of ether oxygens (including phenoxy) is 3. The fourth-order valence-corrected chi connectivity index (χ4v) is 3.17. The highest BCUT2D eigenvalue weighted by atomic mass is 35.5. The van der Waals surface area contributed by atoms with E-state index in [0.717, 1.165) is 0 Å². The van der Waals surface area contributed by atoms with E-state index in [4.69, 9.17) is 25.8 Å². The molecular formula is C26H24ClN3O6. The predicted octanol–water partition coefficient (Wildman–Crippen LogP) is 4.36. The molecule has 3 rings (SSSR count). The Hall–Kier alpha value is -4.37. The molecule has 36 heavy (non-hydrogen) atoms. The topological polar surface area (TPSA) is 115 Å². The van der Waals surface area contributed by atoms with Crippen LogP contribution in [0.15, 0.2) is 65.8 Å². The van der Waals surface area contributed by atoms with Gasteiger partial charge >= 0.3 is 17.8 Å². The van der Waals surface area contributed by atoms with Gasteiger partial charge in [-0.3, -0.25) is 9.59 Å². The van der Waals surface area contributed by atoms with Crippen LogP contribution < -0.4 is 25.0 Å². The Labute approximate surface area is 213 Å². The van der Waals surface area contributed by atoms with Crippen molar-refractivity contribution >= 4 is 41.3 Å².